The molecule has 0 radical (unpaired) electrons. The molecule has 0 amide bonds. The SMILES string of the molecule is CC(O)C1[C@H]2[C@@H](C)[C@H]2[C@H]2[C@@H]3CC[C@H]4C[C@](C)(O)CC[C@]4(C)[C@H]3CC[C@]12C. The lowest BCUT2D eigenvalue weighted by molar-refractivity contribution is -0.157. The van der Waals surface area contributed by atoms with Crippen molar-refractivity contribution in [3.63, 3.8) is 0 Å². The molecule has 0 spiro atoms. The summed E-state index contributed by atoms with van der Waals surface area (Å²) in [6, 6.07) is 0. The van der Waals surface area contributed by atoms with Crippen molar-refractivity contribution in [3.8, 4) is 0 Å². The molecule has 26 heavy (non-hydrogen) atoms. The van der Waals surface area contributed by atoms with Gasteiger partial charge in [0.05, 0.1) is 11.7 Å². The molecule has 148 valence electrons. The van der Waals surface area contributed by atoms with Crippen LogP contribution >= 0.6 is 0 Å². The molecule has 5 fully saturated rings. The van der Waals surface area contributed by atoms with Crippen molar-refractivity contribution in [3.05, 3.63) is 0 Å². The number of rotatable bonds is 1. The number of aliphatic hydroxyl groups is 2. The van der Waals surface area contributed by atoms with E-state index in [0.29, 0.717) is 16.7 Å². The molecule has 0 aromatic carbocycles. The first-order chi connectivity index (χ1) is 12.1. The largest absolute Gasteiger partial charge is 0.393 e. The summed E-state index contributed by atoms with van der Waals surface area (Å²) in [4.78, 5) is 0. The van der Waals surface area contributed by atoms with Gasteiger partial charge in [-0.1, -0.05) is 20.8 Å². The second-order valence-electron chi connectivity index (χ2n) is 12.1. The maximum Gasteiger partial charge on any atom is 0.0622 e. The normalized spacial score (nSPS) is 64.7. The van der Waals surface area contributed by atoms with Crippen molar-refractivity contribution < 1.29 is 10.2 Å². The number of aliphatic hydroxyl groups excluding tert-OH is 1. The van der Waals surface area contributed by atoms with Crippen LogP contribution in [0.5, 0.6) is 0 Å². The Bertz CT molecular complexity index is 597. The number of hydrogen-bond acceptors (Lipinski definition) is 2. The minimum absolute atomic E-state index is 0.143. The smallest absolute Gasteiger partial charge is 0.0622 e. The first-order valence-electron chi connectivity index (χ1n) is 11.5. The molecule has 0 aromatic heterocycles. The zero-order valence-corrected chi connectivity index (χ0v) is 17.5. The first-order valence-corrected chi connectivity index (χ1v) is 11.5. The van der Waals surface area contributed by atoms with Gasteiger partial charge in [0.15, 0.2) is 0 Å². The molecule has 5 aliphatic carbocycles. The van der Waals surface area contributed by atoms with Crippen molar-refractivity contribution in [2.75, 3.05) is 0 Å². The molecule has 0 bridgehead atoms. The summed E-state index contributed by atoms with van der Waals surface area (Å²) in [5.41, 5.74) is 0.393. The molecule has 2 nitrogen and oxygen atoms in total. The van der Waals surface area contributed by atoms with E-state index in [2.05, 4.69) is 34.6 Å². The van der Waals surface area contributed by atoms with Gasteiger partial charge in [-0.2, -0.15) is 0 Å². The first kappa shape index (κ1) is 18.0. The third-order valence-corrected chi connectivity index (χ3v) is 10.9. The molecule has 0 aliphatic heterocycles. The van der Waals surface area contributed by atoms with Crippen molar-refractivity contribution in [2.45, 2.75) is 91.3 Å². The Labute approximate surface area is 160 Å². The standard InChI is InChI=1S/C24H40O2/c1-13-18-19(13)21-16-7-6-15-12-22(3,26)10-11-23(15,4)17(16)8-9-24(21,5)20(18)14(2)25/h13-21,25-26H,6-12H2,1-5H3/t13-,14?,15+,16-,17+,18+,19-,20?,21-,22-,23+,24-/m1/s1. The van der Waals surface area contributed by atoms with E-state index >= 15 is 0 Å². The Balaban J connectivity index is 1.47. The Morgan fingerprint density at radius 2 is 1.65 bits per heavy atom. The fraction of sp³-hybridized carbons (Fsp3) is 1.00. The van der Waals surface area contributed by atoms with Crippen LogP contribution in [0.1, 0.15) is 79.6 Å². The molecule has 0 aromatic rings. The van der Waals surface area contributed by atoms with Crippen molar-refractivity contribution in [2.24, 2.45) is 58.2 Å². The highest BCUT2D eigenvalue weighted by Crippen LogP contribution is 2.78. The van der Waals surface area contributed by atoms with Gasteiger partial charge in [0.2, 0.25) is 0 Å². The summed E-state index contributed by atoms with van der Waals surface area (Å²) < 4.78 is 0. The second kappa shape index (κ2) is 5.29. The van der Waals surface area contributed by atoms with Crippen LogP contribution in [-0.4, -0.2) is 21.9 Å². The lowest BCUT2D eigenvalue weighted by Gasteiger charge is -2.62. The predicted molar refractivity (Wildman–Crippen MR) is 104 cm³/mol. The Morgan fingerprint density at radius 1 is 0.923 bits per heavy atom. The van der Waals surface area contributed by atoms with Gasteiger partial charge in [-0.3, -0.25) is 0 Å². The van der Waals surface area contributed by atoms with Crippen molar-refractivity contribution in [1.82, 2.24) is 0 Å². The summed E-state index contributed by atoms with van der Waals surface area (Å²) in [5.74, 6) is 6.35. The van der Waals surface area contributed by atoms with E-state index in [-0.39, 0.29) is 6.10 Å². The Kier molecular flexibility index (Phi) is 3.66. The molecule has 5 rings (SSSR count). The van der Waals surface area contributed by atoms with Crippen LogP contribution in [0.15, 0.2) is 0 Å². The third kappa shape index (κ3) is 2.12. The van der Waals surface area contributed by atoms with Gasteiger partial charge in [-0.25, -0.2) is 0 Å². The summed E-state index contributed by atoms with van der Waals surface area (Å²) in [7, 11) is 0. The van der Waals surface area contributed by atoms with E-state index in [9.17, 15) is 10.2 Å². The highest BCUT2D eigenvalue weighted by Gasteiger charge is 2.74. The monoisotopic (exact) mass is 360 g/mol. The van der Waals surface area contributed by atoms with Gasteiger partial charge in [0.1, 0.15) is 0 Å². The van der Waals surface area contributed by atoms with E-state index in [1.807, 2.05) is 0 Å². The van der Waals surface area contributed by atoms with Gasteiger partial charge in [0.25, 0.3) is 0 Å². The summed E-state index contributed by atoms with van der Waals surface area (Å²) >= 11 is 0. The maximum atomic E-state index is 10.7. The summed E-state index contributed by atoms with van der Waals surface area (Å²) in [5, 5.41) is 21.3. The van der Waals surface area contributed by atoms with Gasteiger partial charge in [0, 0.05) is 0 Å². The van der Waals surface area contributed by atoms with Crippen LogP contribution in [0.25, 0.3) is 0 Å². The van der Waals surface area contributed by atoms with Crippen molar-refractivity contribution in [1.29, 1.82) is 0 Å². The molecule has 12 atom stereocenters. The van der Waals surface area contributed by atoms with Gasteiger partial charge >= 0.3 is 0 Å². The molecule has 0 heterocycles. The molecule has 5 aliphatic rings. The molecule has 2 heteroatoms. The fourth-order valence-electron chi connectivity index (χ4n) is 9.79. The summed E-state index contributed by atoms with van der Waals surface area (Å²) in [6.45, 7) is 11.7. The maximum absolute atomic E-state index is 10.7. The average molecular weight is 361 g/mol. The second-order valence-corrected chi connectivity index (χ2v) is 12.1. The topological polar surface area (TPSA) is 40.5 Å². The molecule has 2 unspecified atom stereocenters. The molecule has 2 N–H and O–H groups in total. The zero-order valence-electron chi connectivity index (χ0n) is 17.5. The molecular weight excluding hydrogens is 320 g/mol. The van der Waals surface area contributed by atoms with Gasteiger partial charge < -0.3 is 10.2 Å². The molecule has 5 saturated carbocycles. The van der Waals surface area contributed by atoms with Crippen molar-refractivity contribution >= 4 is 0 Å². The third-order valence-electron chi connectivity index (χ3n) is 10.9. The average Bonchev–Trinajstić information content (AvgIpc) is 3.05. The summed E-state index contributed by atoms with van der Waals surface area (Å²) in [6.07, 6.45) is 8.48. The van der Waals surface area contributed by atoms with E-state index in [1.165, 1.54) is 32.1 Å². The van der Waals surface area contributed by atoms with E-state index in [1.54, 1.807) is 0 Å². The van der Waals surface area contributed by atoms with Crippen LogP contribution in [0.3, 0.4) is 0 Å². The van der Waals surface area contributed by atoms with Gasteiger partial charge in [-0.15, -0.1) is 0 Å². The van der Waals surface area contributed by atoms with Crippen LogP contribution in [0.4, 0.5) is 0 Å². The minimum atomic E-state index is -0.429. The quantitative estimate of drug-likeness (QED) is 0.700. The van der Waals surface area contributed by atoms with E-state index < -0.39 is 5.60 Å². The minimum Gasteiger partial charge on any atom is -0.393 e. The van der Waals surface area contributed by atoms with Gasteiger partial charge in [-0.05, 0) is 117 Å². The van der Waals surface area contributed by atoms with E-state index in [4.69, 9.17) is 0 Å². The predicted octanol–water partition coefficient (Wildman–Crippen LogP) is 4.88. The van der Waals surface area contributed by atoms with Crippen LogP contribution in [0.2, 0.25) is 0 Å². The number of hydrogen-bond donors (Lipinski definition) is 2. The lowest BCUT2D eigenvalue weighted by Crippen LogP contribution is -2.56. The van der Waals surface area contributed by atoms with Crippen LogP contribution < -0.4 is 0 Å². The highest BCUT2D eigenvalue weighted by atomic mass is 16.3. The number of fused-ring (bicyclic) bond motifs is 7. The highest BCUT2D eigenvalue weighted by molar-refractivity contribution is 5.21. The van der Waals surface area contributed by atoms with Crippen LogP contribution in [-0.2, 0) is 0 Å². The van der Waals surface area contributed by atoms with Crippen LogP contribution in [0, 0.1) is 58.2 Å². The zero-order chi connectivity index (χ0) is 18.6. The Morgan fingerprint density at radius 3 is 2.35 bits per heavy atom. The molecule has 0 saturated heterocycles. The lowest BCUT2D eigenvalue weighted by atomic mass is 9.43. The van der Waals surface area contributed by atoms with E-state index in [0.717, 1.165) is 54.3 Å². The Hall–Kier alpha value is -0.0800. The molecular formula is C24H40O2. The fourth-order valence-corrected chi connectivity index (χ4v) is 9.79.